The minimum Gasteiger partial charge on any atom is -0.465 e. The number of benzene rings is 3. The van der Waals surface area contributed by atoms with Crippen LogP contribution >= 0.6 is 23.2 Å². The lowest BCUT2D eigenvalue weighted by atomic mass is 9.76. The molecule has 2 atom stereocenters. The predicted octanol–water partition coefficient (Wildman–Crippen LogP) is 5.56. The Balaban J connectivity index is 1.90. The molecular weight excluding hydrogens is 529 g/mol. The first-order valence-electron chi connectivity index (χ1n) is 11.5. The second-order valence-electron chi connectivity index (χ2n) is 8.53. The molecule has 0 amide bonds. The van der Waals surface area contributed by atoms with E-state index in [-0.39, 0.29) is 22.4 Å². The van der Waals surface area contributed by atoms with Crippen LogP contribution in [0.25, 0.3) is 6.08 Å². The van der Waals surface area contributed by atoms with Crippen LogP contribution in [0, 0.1) is 0 Å². The van der Waals surface area contributed by atoms with E-state index >= 15 is 0 Å². The molecule has 2 aliphatic rings. The fraction of sp³-hybridized carbons (Fsp3) is 0.138. The number of anilines is 1. The molecule has 38 heavy (non-hydrogen) atoms. The number of ketones is 1. The largest absolute Gasteiger partial charge is 0.465 e. The van der Waals surface area contributed by atoms with E-state index in [1.54, 1.807) is 54.6 Å². The summed E-state index contributed by atoms with van der Waals surface area (Å²) in [5, 5.41) is 0.826. The summed E-state index contributed by atoms with van der Waals surface area (Å²) >= 11 is 12.2. The Morgan fingerprint density at radius 3 is 2.08 bits per heavy atom. The highest BCUT2D eigenvalue weighted by Crippen LogP contribution is 2.49. The number of Topliss-reactive ketones (excluding diaryl/α,β-unsaturated/α-hetero) is 1. The third kappa shape index (κ3) is 4.09. The molecule has 0 unspecified atom stereocenters. The molecule has 5 rings (SSSR count). The number of hydrogen-bond donors (Lipinski definition) is 0. The van der Waals surface area contributed by atoms with Gasteiger partial charge in [0.05, 0.1) is 19.9 Å². The van der Waals surface area contributed by atoms with Crippen molar-refractivity contribution in [3.8, 4) is 0 Å². The Morgan fingerprint density at radius 2 is 1.45 bits per heavy atom. The molecule has 0 saturated carbocycles. The number of methoxy groups -OCH3 is 2. The van der Waals surface area contributed by atoms with Gasteiger partial charge in [-0.05, 0) is 59.7 Å². The first kappa shape index (κ1) is 25.7. The summed E-state index contributed by atoms with van der Waals surface area (Å²) < 4.78 is 16.9. The number of hydrogen-bond acceptors (Lipinski definition) is 7. The molecule has 0 aromatic heterocycles. The number of rotatable bonds is 5. The third-order valence-electron chi connectivity index (χ3n) is 6.46. The van der Waals surface area contributed by atoms with Crippen molar-refractivity contribution in [2.24, 2.45) is 0 Å². The summed E-state index contributed by atoms with van der Waals surface area (Å²) in [7, 11) is 2.37. The number of carbonyl (C=O) groups excluding carboxylic acids is 3. The van der Waals surface area contributed by atoms with Gasteiger partial charge in [0.2, 0.25) is 5.78 Å². The van der Waals surface area contributed by atoms with Gasteiger partial charge in [-0.15, -0.1) is 0 Å². The number of carbonyl (C=O) groups is 3. The number of fused-ring (bicyclic) bond motifs is 3. The van der Waals surface area contributed by atoms with Crippen molar-refractivity contribution < 1.29 is 28.6 Å². The Kier molecular flexibility index (Phi) is 6.84. The zero-order valence-corrected chi connectivity index (χ0v) is 21.8. The highest BCUT2D eigenvalue weighted by molar-refractivity contribution is 6.31. The highest BCUT2D eigenvalue weighted by Gasteiger charge is 2.58. The van der Waals surface area contributed by atoms with Crippen molar-refractivity contribution in [3.63, 3.8) is 0 Å². The van der Waals surface area contributed by atoms with E-state index in [2.05, 4.69) is 0 Å². The van der Waals surface area contributed by atoms with E-state index in [0.717, 1.165) is 5.56 Å². The first-order valence-corrected chi connectivity index (χ1v) is 12.3. The van der Waals surface area contributed by atoms with E-state index in [4.69, 9.17) is 37.4 Å². The molecular formula is C29H21Cl2NO6. The topological polar surface area (TPSA) is 82.1 Å². The van der Waals surface area contributed by atoms with Crippen molar-refractivity contribution in [2.75, 3.05) is 19.1 Å². The lowest BCUT2D eigenvalue weighted by Gasteiger charge is -2.48. The van der Waals surface area contributed by atoms with E-state index in [1.807, 2.05) is 18.2 Å². The number of halogens is 2. The molecule has 0 saturated heterocycles. The van der Waals surface area contributed by atoms with E-state index in [9.17, 15) is 14.4 Å². The monoisotopic (exact) mass is 549 g/mol. The van der Waals surface area contributed by atoms with Gasteiger partial charge in [-0.25, -0.2) is 9.59 Å². The van der Waals surface area contributed by atoms with Crippen molar-refractivity contribution >= 4 is 52.7 Å². The van der Waals surface area contributed by atoms with Crippen LogP contribution in [0.4, 0.5) is 5.69 Å². The second-order valence-corrected chi connectivity index (χ2v) is 9.40. The van der Waals surface area contributed by atoms with Gasteiger partial charge in [-0.2, -0.15) is 0 Å². The molecule has 0 fully saturated rings. The molecule has 2 heterocycles. The van der Waals surface area contributed by atoms with Gasteiger partial charge in [-0.3, -0.25) is 4.79 Å². The van der Waals surface area contributed by atoms with E-state index in [1.165, 1.54) is 31.3 Å². The highest BCUT2D eigenvalue weighted by atomic mass is 35.5. The van der Waals surface area contributed by atoms with E-state index in [0.29, 0.717) is 15.7 Å². The summed E-state index contributed by atoms with van der Waals surface area (Å²) in [6.07, 6.45) is 2.58. The fourth-order valence-electron chi connectivity index (χ4n) is 4.76. The maximum absolute atomic E-state index is 14.5. The number of nitrogens with zero attached hydrogens (tertiary/aromatic N) is 1. The minimum absolute atomic E-state index is 0.176. The van der Waals surface area contributed by atoms with Gasteiger partial charge < -0.3 is 19.1 Å². The van der Waals surface area contributed by atoms with Crippen molar-refractivity contribution in [1.29, 1.82) is 0 Å². The van der Waals surface area contributed by atoms with Gasteiger partial charge in [0.25, 0.3) is 0 Å². The van der Waals surface area contributed by atoms with Crippen LogP contribution < -0.4 is 4.90 Å². The van der Waals surface area contributed by atoms with Gasteiger partial charge in [-0.1, -0.05) is 59.6 Å². The van der Waals surface area contributed by atoms with Crippen LogP contribution in [0.2, 0.25) is 10.0 Å². The lowest BCUT2D eigenvalue weighted by molar-refractivity contribution is -0.145. The molecule has 0 spiro atoms. The Hall–Kier alpha value is -3.91. The average Bonchev–Trinajstić information content (AvgIpc) is 2.95. The van der Waals surface area contributed by atoms with Gasteiger partial charge >= 0.3 is 11.9 Å². The maximum atomic E-state index is 14.5. The maximum Gasteiger partial charge on any atom is 0.355 e. The Morgan fingerprint density at radius 1 is 0.842 bits per heavy atom. The molecule has 3 aromatic rings. The average molecular weight is 550 g/mol. The second kappa shape index (κ2) is 10.1. The summed E-state index contributed by atoms with van der Waals surface area (Å²) in [6, 6.07) is 19.7. The summed E-state index contributed by atoms with van der Waals surface area (Å²) in [6.45, 7) is 0. The van der Waals surface area contributed by atoms with E-state index < -0.39 is 29.6 Å². The zero-order chi connectivity index (χ0) is 27.0. The Bertz CT molecular complexity index is 1500. The molecule has 0 radical (unpaired) electrons. The van der Waals surface area contributed by atoms with Gasteiger partial charge in [0.1, 0.15) is 11.3 Å². The zero-order valence-electron chi connectivity index (χ0n) is 20.3. The number of esters is 2. The molecule has 0 N–H and O–H groups in total. The summed E-state index contributed by atoms with van der Waals surface area (Å²) in [4.78, 5) is 43.1. The third-order valence-corrected chi connectivity index (χ3v) is 6.97. The quantitative estimate of drug-likeness (QED) is 0.304. The van der Waals surface area contributed by atoms with Crippen molar-refractivity contribution in [2.45, 2.75) is 11.8 Å². The Labute approximate surface area is 228 Å². The SMILES string of the molecule is COC(=O)C1=C(C(=O)OC)[C@](C(=O)c2ccc(Cl)cc2)(c2ccc(Cl)cc2)O[C@H]2C=Cc3ccccc3N12. The minimum atomic E-state index is -2.10. The van der Waals surface area contributed by atoms with Crippen LogP contribution in [0.5, 0.6) is 0 Å². The molecule has 192 valence electrons. The van der Waals surface area contributed by atoms with Gasteiger partial charge in [0.15, 0.2) is 11.8 Å². The lowest BCUT2D eigenvalue weighted by Crippen LogP contribution is -2.57. The first-order chi connectivity index (χ1) is 18.3. The molecule has 0 aliphatic carbocycles. The van der Waals surface area contributed by atoms with Gasteiger partial charge in [0, 0.05) is 15.6 Å². The summed E-state index contributed by atoms with van der Waals surface area (Å²) in [5.74, 6) is -2.38. The fourth-order valence-corrected chi connectivity index (χ4v) is 5.02. The smallest absolute Gasteiger partial charge is 0.355 e. The molecule has 3 aromatic carbocycles. The number of ether oxygens (including phenoxy) is 3. The summed E-state index contributed by atoms with van der Waals surface area (Å²) in [5.41, 5.74) is -0.766. The molecule has 0 bridgehead atoms. The molecule has 2 aliphatic heterocycles. The predicted molar refractivity (Wildman–Crippen MR) is 143 cm³/mol. The normalized spacial score (nSPS) is 19.9. The van der Waals surface area contributed by atoms with Crippen LogP contribution in [0.15, 0.2) is 90.1 Å². The van der Waals surface area contributed by atoms with Crippen LogP contribution in [0.3, 0.4) is 0 Å². The van der Waals surface area contributed by atoms with Crippen LogP contribution in [-0.2, 0) is 29.4 Å². The molecule has 9 heteroatoms. The standard InChI is InChI=1S/C29H21Cl2NO6/c1-36-27(34)24-25(28(35)37-2)32-22-6-4-3-5-17(22)9-16-23(32)38-29(24,19-10-14-21(31)15-11-19)26(33)18-7-12-20(30)13-8-18/h3-16,23H,1-2H3/t23-,29-/m0/s1. The molecule has 7 nitrogen and oxygen atoms in total. The number of para-hydroxylation sites is 1. The van der Waals surface area contributed by atoms with Crippen molar-refractivity contribution in [1.82, 2.24) is 0 Å². The van der Waals surface area contributed by atoms with Crippen LogP contribution in [-0.4, -0.2) is 38.2 Å². The van der Waals surface area contributed by atoms with Crippen molar-refractivity contribution in [3.05, 3.63) is 117 Å². The van der Waals surface area contributed by atoms with Crippen LogP contribution in [0.1, 0.15) is 21.5 Å².